The van der Waals surface area contributed by atoms with Crippen molar-refractivity contribution in [3.63, 3.8) is 0 Å². The molecule has 0 radical (unpaired) electrons. The third kappa shape index (κ3) is 5.36. The molecule has 1 atom stereocenters. The summed E-state index contributed by atoms with van der Waals surface area (Å²) in [5.74, 6) is -0.184. The van der Waals surface area contributed by atoms with Crippen LogP contribution >= 0.6 is 0 Å². The van der Waals surface area contributed by atoms with E-state index >= 15 is 0 Å². The highest BCUT2D eigenvalue weighted by molar-refractivity contribution is 5.75. The van der Waals surface area contributed by atoms with Crippen molar-refractivity contribution in [1.29, 1.82) is 0 Å². The lowest BCUT2D eigenvalue weighted by Crippen LogP contribution is -2.36. The lowest BCUT2D eigenvalue weighted by molar-refractivity contribution is -0.143. The van der Waals surface area contributed by atoms with Gasteiger partial charge in [-0.25, -0.2) is 0 Å². The van der Waals surface area contributed by atoms with Gasteiger partial charge in [-0.1, -0.05) is 19.1 Å². The molecule has 0 saturated heterocycles. The van der Waals surface area contributed by atoms with E-state index in [2.05, 4.69) is 0 Å². The molecule has 0 fully saturated rings. The van der Waals surface area contributed by atoms with Crippen LogP contribution in [0.15, 0.2) is 24.3 Å². The molecule has 0 amide bonds. The van der Waals surface area contributed by atoms with Crippen LogP contribution in [0, 0.1) is 0 Å². The van der Waals surface area contributed by atoms with E-state index in [1.165, 1.54) is 0 Å². The lowest BCUT2D eigenvalue weighted by Gasteiger charge is -2.28. The summed E-state index contributed by atoms with van der Waals surface area (Å²) in [4.78, 5) is 13.4. The Balaban J connectivity index is 2.96. The normalized spacial score (nSPS) is 12.7. The predicted octanol–water partition coefficient (Wildman–Crippen LogP) is 2.30. The molecule has 21 heavy (non-hydrogen) atoms. The zero-order chi connectivity index (χ0) is 15.8. The van der Waals surface area contributed by atoms with Gasteiger partial charge >= 0.3 is 5.97 Å². The van der Waals surface area contributed by atoms with Gasteiger partial charge in [0.25, 0.3) is 0 Å². The van der Waals surface area contributed by atoms with E-state index in [4.69, 9.17) is 9.84 Å². The first-order chi connectivity index (χ1) is 9.99. The summed E-state index contributed by atoms with van der Waals surface area (Å²) in [7, 11) is 0. The van der Waals surface area contributed by atoms with Gasteiger partial charge in [0.1, 0.15) is 11.8 Å². The highest BCUT2D eigenvalue weighted by Crippen LogP contribution is 2.24. The van der Waals surface area contributed by atoms with Crippen molar-refractivity contribution in [2.24, 2.45) is 0 Å². The second-order valence-corrected chi connectivity index (χ2v) is 5.24. The number of rotatable bonds is 9. The summed E-state index contributed by atoms with van der Waals surface area (Å²) in [5.41, 5.74) is 0.695. The number of carbonyl (C=O) groups is 1. The number of aliphatic carboxylic acids is 1. The summed E-state index contributed by atoms with van der Waals surface area (Å²) < 4.78 is 5.56. The van der Waals surface area contributed by atoms with Gasteiger partial charge in [0.2, 0.25) is 0 Å². The quantitative estimate of drug-likeness (QED) is 0.731. The Kier molecular flexibility index (Phi) is 7.19. The Bertz CT molecular complexity index is 424. The van der Waals surface area contributed by atoms with Gasteiger partial charge in [-0.3, -0.25) is 9.69 Å². The number of carboxylic acid groups (broad SMARTS) is 1. The van der Waals surface area contributed by atoms with Crippen molar-refractivity contribution < 1.29 is 19.7 Å². The van der Waals surface area contributed by atoms with E-state index in [1.807, 2.05) is 20.8 Å². The minimum atomic E-state index is -0.908. The molecule has 0 aromatic heterocycles. The van der Waals surface area contributed by atoms with Crippen LogP contribution in [0.1, 0.15) is 38.8 Å². The molecule has 0 aliphatic heterocycles. The molecule has 2 N–H and O–H groups in total. The fourth-order valence-corrected chi connectivity index (χ4v) is 2.30. The van der Waals surface area contributed by atoms with Gasteiger partial charge in [0.15, 0.2) is 0 Å². The first kappa shape index (κ1) is 17.5. The molecule has 0 aliphatic carbocycles. The molecule has 118 valence electrons. The SMILES string of the molecule is CCCN(CCO)[C@H](C(=O)O)c1ccc(OC(C)C)cc1. The number of hydrogen-bond donors (Lipinski definition) is 2. The number of aliphatic hydroxyl groups is 1. The molecule has 1 rings (SSSR count). The van der Waals surface area contributed by atoms with Gasteiger partial charge in [-0.05, 0) is 44.5 Å². The average Bonchev–Trinajstić information content (AvgIpc) is 2.40. The largest absolute Gasteiger partial charge is 0.491 e. The first-order valence-corrected chi connectivity index (χ1v) is 7.33. The van der Waals surface area contributed by atoms with Gasteiger partial charge in [0, 0.05) is 6.54 Å². The summed E-state index contributed by atoms with van der Waals surface area (Å²) >= 11 is 0. The monoisotopic (exact) mass is 295 g/mol. The maximum atomic E-state index is 11.6. The number of ether oxygens (including phenoxy) is 1. The Labute approximate surface area is 126 Å². The van der Waals surface area contributed by atoms with Crippen molar-refractivity contribution in [2.75, 3.05) is 19.7 Å². The molecule has 0 bridgehead atoms. The van der Waals surface area contributed by atoms with Crippen molar-refractivity contribution in [1.82, 2.24) is 4.90 Å². The van der Waals surface area contributed by atoms with E-state index in [1.54, 1.807) is 29.2 Å². The van der Waals surface area contributed by atoms with Crippen molar-refractivity contribution in [3.05, 3.63) is 29.8 Å². The van der Waals surface area contributed by atoms with E-state index in [-0.39, 0.29) is 12.7 Å². The van der Waals surface area contributed by atoms with Crippen LogP contribution < -0.4 is 4.74 Å². The maximum Gasteiger partial charge on any atom is 0.325 e. The smallest absolute Gasteiger partial charge is 0.325 e. The standard InChI is InChI=1S/C16H25NO4/c1-4-9-17(10-11-18)15(16(19)20)13-5-7-14(8-6-13)21-12(2)3/h5-8,12,15,18H,4,9-11H2,1-3H3,(H,19,20)/t15-/m0/s1. The highest BCUT2D eigenvalue weighted by atomic mass is 16.5. The second kappa shape index (κ2) is 8.64. The van der Waals surface area contributed by atoms with Crippen LogP contribution in [0.4, 0.5) is 0 Å². The molecule has 1 aromatic rings. The van der Waals surface area contributed by atoms with Crippen LogP contribution in [0.5, 0.6) is 5.75 Å². The van der Waals surface area contributed by atoms with Crippen LogP contribution in [-0.2, 0) is 4.79 Å². The summed E-state index contributed by atoms with van der Waals surface area (Å²) in [6.07, 6.45) is 0.912. The fraction of sp³-hybridized carbons (Fsp3) is 0.562. The van der Waals surface area contributed by atoms with Crippen LogP contribution in [0.25, 0.3) is 0 Å². The van der Waals surface area contributed by atoms with E-state index in [0.29, 0.717) is 18.7 Å². The average molecular weight is 295 g/mol. The van der Waals surface area contributed by atoms with Crippen molar-refractivity contribution >= 4 is 5.97 Å². The Morgan fingerprint density at radius 1 is 1.24 bits per heavy atom. The number of nitrogens with zero attached hydrogens (tertiary/aromatic N) is 1. The Hall–Kier alpha value is -1.59. The maximum absolute atomic E-state index is 11.6. The summed E-state index contributed by atoms with van der Waals surface area (Å²) in [6, 6.07) is 6.38. The van der Waals surface area contributed by atoms with E-state index < -0.39 is 12.0 Å². The van der Waals surface area contributed by atoms with Gasteiger partial charge in [-0.15, -0.1) is 0 Å². The Morgan fingerprint density at radius 3 is 2.29 bits per heavy atom. The molecule has 0 aliphatic rings. The minimum absolute atomic E-state index is 0.0572. The number of carboxylic acids is 1. The second-order valence-electron chi connectivity index (χ2n) is 5.24. The Morgan fingerprint density at radius 2 is 1.86 bits per heavy atom. The molecular weight excluding hydrogens is 270 g/mol. The minimum Gasteiger partial charge on any atom is -0.491 e. The molecule has 0 spiro atoms. The number of hydrogen-bond acceptors (Lipinski definition) is 4. The van der Waals surface area contributed by atoms with Crippen molar-refractivity contribution in [3.8, 4) is 5.75 Å². The lowest BCUT2D eigenvalue weighted by atomic mass is 10.0. The van der Waals surface area contributed by atoms with Gasteiger partial charge in [-0.2, -0.15) is 0 Å². The zero-order valence-corrected chi connectivity index (χ0v) is 13.0. The molecule has 5 nitrogen and oxygen atoms in total. The van der Waals surface area contributed by atoms with Crippen molar-refractivity contribution in [2.45, 2.75) is 39.3 Å². The molecule has 5 heteroatoms. The number of benzene rings is 1. The molecule has 0 heterocycles. The van der Waals surface area contributed by atoms with Crippen LogP contribution in [0.3, 0.4) is 0 Å². The number of aliphatic hydroxyl groups excluding tert-OH is 1. The van der Waals surface area contributed by atoms with E-state index in [9.17, 15) is 9.90 Å². The molecule has 0 saturated carbocycles. The third-order valence-corrected chi connectivity index (χ3v) is 3.06. The van der Waals surface area contributed by atoms with Crippen LogP contribution in [0.2, 0.25) is 0 Å². The summed E-state index contributed by atoms with van der Waals surface area (Å²) in [5, 5.41) is 18.6. The summed E-state index contributed by atoms with van der Waals surface area (Å²) in [6.45, 7) is 6.79. The molecule has 0 unspecified atom stereocenters. The van der Waals surface area contributed by atoms with Gasteiger partial charge in [0.05, 0.1) is 12.7 Å². The predicted molar refractivity (Wildman–Crippen MR) is 81.5 cm³/mol. The zero-order valence-electron chi connectivity index (χ0n) is 13.0. The molecule has 1 aromatic carbocycles. The third-order valence-electron chi connectivity index (χ3n) is 3.06. The first-order valence-electron chi connectivity index (χ1n) is 7.33. The topological polar surface area (TPSA) is 70.0 Å². The molecular formula is C16H25NO4. The highest BCUT2D eigenvalue weighted by Gasteiger charge is 2.26. The van der Waals surface area contributed by atoms with Gasteiger partial charge < -0.3 is 14.9 Å². The van der Waals surface area contributed by atoms with E-state index in [0.717, 1.165) is 12.2 Å². The fourth-order valence-electron chi connectivity index (χ4n) is 2.30. The van der Waals surface area contributed by atoms with Crippen LogP contribution in [-0.4, -0.2) is 46.9 Å².